The predicted octanol–water partition coefficient (Wildman–Crippen LogP) is 5.15. The van der Waals surface area contributed by atoms with E-state index in [0.717, 1.165) is 48.0 Å². The van der Waals surface area contributed by atoms with Crippen LogP contribution in [0.15, 0.2) is 60.9 Å². The summed E-state index contributed by atoms with van der Waals surface area (Å²) in [7, 11) is 0. The SMILES string of the molecule is CCN(Cc1ccncc1)C(=O)c1ccc2cc(OC3CCN(C(C)C)CC3)ccc2c1. The van der Waals surface area contributed by atoms with Crippen LogP contribution in [-0.4, -0.2) is 52.5 Å². The lowest BCUT2D eigenvalue weighted by atomic mass is 10.0. The first-order chi connectivity index (χ1) is 15.5. The van der Waals surface area contributed by atoms with E-state index in [2.05, 4.69) is 35.9 Å². The van der Waals surface area contributed by atoms with Gasteiger partial charge in [-0.2, -0.15) is 0 Å². The fourth-order valence-corrected chi connectivity index (χ4v) is 4.35. The Labute approximate surface area is 191 Å². The van der Waals surface area contributed by atoms with Crippen LogP contribution in [-0.2, 0) is 6.54 Å². The number of ether oxygens (including phenoxy) is 1. The molecule has 168 valence electrons. The number of carbonyl (C=O) groups is 1. The molecule has 0 N–H and O–H groups in total. The van der Waals surface area contributed by atoms with E-state index in [-0.39, 0.29) is 12.0 Å². The maximum Gasteiger partial charge on any atom is 0.254 e. The van der Waals surface area contributed by atoms with Gasteiger partial charge < -0.3 is 14.5 Å². The number of hydrogen-bond acceptors (Lipinski definition) is 4. The Kier molecular flexibility index (Phi) is 7.05. The molecule has 4 rings (SSSR count). The van der Waals surface area contributed by atoms with Gasteiger partial charge in [0.25, 0.3) is 5.91 Å². The molecule has 0 radical (unpaired) electrons. The number of amides is 1. The van der Waals surface area contributed by atoms with Crippen LogP contribution in [0.4, 0.5) is 0 Å². The zero-order valence-electron chi connectivity index (χ0n) is 19.3. The standard InChI is InChI=1S/C27H33N3O2/c1-4-29(19-21-9-13-28-14-10-21)27(31)24-6-5-23-18-26(8-7-22(23)17-24)32-25-11-15-30(16-12-25)20(2)3/h5-10,13-14,17-18,20,25H,4,11-12,15-16,19H2,1-3H3. The number of aromatic nitrogens is 1. The molecule has 0 unspecified atom stereocenters. The molecule has 5 heteroatoms. The number of piperidine rings is 1. The average molecular weight is 432 g/mol. The number of hydrogen-bond donors (Lipinski definition) is 0. The number of benzene rings is 2. The molecule has 1 fully saturated rings. The highest BCUT2D eigenvalue weighted by Crippen LogP contribution is 2.26. The summed E-state index contributed by atoms with van der Waals surface area (Å²) in [6.45, 7) is 9.93. The van der Waals surface area contributed by atoms with Crippen molar-refractivity contribution in [2.24, 2.45) is 0 Å². The predicted molar refractivity (Wildman–Crippen MR) is 129 cm³/mol. The van der Waals surface area contributed by atoms with E-state index < -0.39 is 0 Å². The van der Waals surface area contributed by atoms with E-state index in [0.29, 0.717) is 24.7 Å². The van der Waals surface area contributed by atoms with Crippen LogP contribution in [0.25, 0.3) is 10.8 Å². The molecular weight excluding hydrogens is 398 g/mol. The summed E-state index contributed by atoms with van der Waals surface area (Å²) >= 11 is 0. The van der Waals surface area contributed by atoms with E-state index in [1.807, 2.05) is 48.2 Å². The van der Waals surface area contributed by atoms with E-state index in [1.54, 1.807) is 12.4 Å². The number of nitrogens with zero attached hydrogens (tertiary/aromatic N) is 3. The van der Waals surface area contributed by atoms with Gasteiger partial charge in [0.1, 0.15) is 11.9 Å². The molecule has 1 aromatic heterocycles. The van der Waals surface area contributed by atoms with Crippen molar-refractivity contribution in [3.05, 3.63) is 72.1 Å². The maximum atomic E-state index is 13.1. The number of pyridine rings is 1. The first-order valence-electron chi connectivity index (χ1n) is 11.7. The molecule has 1 aliphatic heterocycles. The largest absolute Gasteiger partial charge is 0.490 e. The second kappa shape index (κ2) is 10.1. The van der Waals surface area contributed by atoms with Crippen LogP contribution in [0.3, 0.4) is 0 Å². The summed E-state index contributed by atoms with van der Waals surface area (Å²) in [5, 5.41) is 2.15. The van der Waals surface area contributed by atoms with Crippen molar-refractivity contribution < 1.29 is 9.53 Å². The fourth-order valence-electron chi connectivity index (χ4n) is 4.35. The maximum absolute atomic E-state index is 13.1. The van der Waals surface area contributed by atoms with Crippen LogP contribution in [0.5, 0.6) is 5.75 Å². The fraction of sp³-hybridized carbons (Fsp3) is 0.407. The Morgan fingerprint density at radius 3 is 2.44 bits per heavy atom. The smallest absolute Gasteiger partial charge is 0.254 e. The number of fused-ring (bicyclic) bond motifs is 1. The molecule has 2 aromatic carbocycles. The molecule has 5 nitrogen and oxygen atoms in total. The van der Waals surface area contributed by atoms with Crippen LogP contribution in [0.1, 0.15) is 49.5 Å². The van der Waals surface area contributed by atoms with Crippen LogP contribution < -0.4 is 4.74 Å². The lowest BCUT2D eigenvalue weighted by Crippen LogP contribution is -2.41. The van der Waals surface area contributed by atoms with Gasteiger partial charge in [-0.05, 0) is 86.3 Å². The van der Waals surface area contributed by atoms with Crippen LogP contribution in [0.2, 0.25) is 0 Å². The highest BCUT2D eigenvalue weighted by Gasteiger charge is 2.22. The van der Waals surface area contributed by atoms with Gasteiger partial charge in [0.2, 0.25) is 0 Å². The summed E-state index contributed by atoms with van der Waals surface area (Å²) in [5.74, 6) is 0.955. The Balaban J connectivity index is 1.43. The summed E-state index contributed by atoms with van der Waals surface area (Å²) < 4.78 is 6.28. The van der Waals surface area contributed by atoms with Gasteiger partial charge in [0.15, 0.2) is 0 Å². The van der Waals surface area contributed by atoms with Gasteiger partial charge in [0, 0.05) is 50.2 Å². The van der Waals surface area contributed by atoms with E-state index in [1.165, 1.54) is 0 Å². The molecule has 0 atom stereocenters. The Morgan fingerprint density at radius 1 is 1.06 bits per heavy atom. The molecule has 1 amide bonds. The van der Waals surface area contributed by atoms with Crippen LogP contribution >= 0.6 is 0 Å². The molecule has 0 spiro atoms. The zero-order valence-corrected chi connectivity index (χ0v) is 19.3. The first kappa shape index (κ1) is 22.3. The quantitative estimate of drug-likeness (QED) is 0.519. The van der Waals surface area contributed by atoms with Gasteiger partial charge in [-0.1, -0.05) is 12.1 Å². The van der Waals surface area contributed by atoms with Gasteiger partial charge >= 0.3 is 0 Å². The lowest BCUT2D eigenvalue weighted by molar-refractivity contribution is 0.0752. The van der Waals surface area contributed by atoms with Gasteiger partial charge in [-0.3, -0.25) is 9.78 Å². The molecule has 0 saturated carbocycles. The minimum Gasteiger partial charge on any atom is -0.490 e. The molecule has 32 heavy (non-hydrogen) atoms. The average Bonchev–Trinajstić information content (AvgIpc) is 2.82. The van der Waals surface area contributed by atoms with Crippen molar-refractivity contribution in [3.8, 4) is 5.75 Å². The van der Waals surface area contributed by atoms with Crippen molar-refractivity contribution in [2.75, 3.05) is 19.6 Å². The minimum absolute atomic E-state index is 0.0449. The topological polar surface area (TPSA) is 45.7 Å². The highest BCUT2D eigenvalue weighted by molar-refractivity contribution is 5.98. The number of rotatable bonds is 7. The Morgan fingerprint density at radius 2 is 1.75 bits per heavy atom. The molecule has 3 aromatic rings. The van der Waals surface area contributed by atoms with E-state index in [4.69, 9.17) is 4.74 Å². The summed E-state index contributed by atoms with van der Waals surface area (Å²) in [4.78, 5) is 21.5. The zero-order chi connectivity index (χ0) is 22.5. The van der Waals surface area contributed by atoms with E-state index >= 15 is 0 Å². The Hall–Kier alpha value is -2.92. The molecule has 1 aliphatic rings. The molecule has 1 saturated heterocycles. The third-order valence-corrected chi connectivity index (χ3v) is 6.36. The Bertz CT molecular complexity index is 1040. The molecule has 0 aliphatic carbocycles. The molecule has 2 heterocycles. The third-order valence-electron chi connectivity index (χ3n) is 6.36. The highest BCUT2D eigenvalue weighted by atomic mass is 16.5. The number of carbonyl (C=O) groups excluding carboxylic acids is 1. The minimum atomic E-state index is 0.0449. The van der Waals surface area contributed by atoms with Crippen molar-refractivity contribution >= 4 is 16.7 Å². The second-order valence-electron chi connectivity index (χ2n) is 8.85. The summed E-state index contributed by atoms with van der Waals surface area (Å²) in [6.07, 6.45) is 5.92. The van der Waals surface area contributed by atoms with Gasteiger partial charge in [-0.15, -0.1) is 0 Å². The van der Waals surface area contributed by atoms with Gasteiger partial charge in [0.05, 0.1) is 0 Å². The van der Waals surface area contributed by atoms with Gasteiger partial charge in [-0.25, -0.2) is 0 Å². The summed E-state index contributed by atoms with van der Waals surface area (Å²) in [5.41, 5.74) is 1.79. The monoisotopic (exact) mass is 431 g/mol. The van der Waals surface area contributed by atoms with E-state index in [9.17, 15) is 4.79 Å². The summed E-state index contributed by atoms with van der Waals surface area (Å²) in [6, 6.07) is 16.6. The lowest BCUT2D eigenvalue weighted by Gasteiger charge is -2.34. The second-order valence-corrected chi connectivity index (χ2v) is 8.85. The number of likely N-dealkylation sites (tertiary alicyclic amines) is 1. The molecule has 0 bridgehead atoms. The third kappa shape index (κ3) is 5.28. The first-order valence-corrected chi connectivity index (χ1v) is 11.7. The van der Waals surface area contributed by atoms with Crippen molar-refractivity contribution in [2.45, 2.75) is 52.3 Å². The molecular formula is C27H33N3O2. The van der Waals surface area contributed by atoms with Crippen molar-refractivity contribution in [1.82, 2.24) is 14.8 Å². The van der Waals surface area contributed by atoms with Crippen molar-refractivity contribution in [1.29, 1.82) is 0 Å². The van der Waals surface area contributed by atoms with Crippen molar-refractivity contribution in [3.63, 3.8) is 0 Å². The van der Waals surface area contributed by atoms with Crippen LogP contribution in [0, 0.1) is 0 Å². The normalized spacial score (nSPS) is 15.2.